The highest BCUT2D eigenvalue weighted by Gasteiger charge is 2.11. The highest BCUT2D eigenvalue weighted by atomic mass is 32.2. The van der Waals surface area contributed by atoms with E-state index in [9.17, 15) is 8.42 Å². The lowest BCUT2D eigenvalue weighted by molar-refractivity contribution is 0.597. The van der Waals surface area contributed by atoms with E-state index in [-0.39, 0.29) is 5.75 Å². The summed E-state index contributed by atoms with van der Waals surface area (Å²) in [6.45, 7) is 8.23. The first-order chi connectivity index (χ1) is 10.0. The molecule has 0 saturated carbocycles. The van der Waals surface area contributed by atoms with Crippen molar-refractivity contribution >= 4 is 21.5 Å². The van der Waals surface area contributed by atoms with E-state index in [4.69, 9.17) is 0 Å². The Morgan fingerprint density at radius 3 is 2.24 bits per heavy atom. The molecule has 5 nitrogen and oxygen atoms in total. The van der Waals surface area contributed by atoms with Crippen molar-refractivity contribution in [1.82, 2.24) is 4.98 Å². The van der Waals surface area contributed by atoms with Crippen LogP contribution in [0.5, 0.6) is 0 Å². The van der Waals surface area contributed by atoms with Crippen LogP contribution in [0.25, 0.3) is 0 Å². The molecule has 0 aliphatic carbocycles. The lowest BCUT2D eigenvalue weighted by atomic mass is 10.3. The second kappa shape index (κ2) is 8.87. The van der Waals surface area contributed by atoms with Gasteiger partial charge < -0.3 is 4.90 Å². The van der Waals surface area contributed by atoms with Crippen LogP contribution < -0.4 is 9.62 Å². The fourth-order valence-corrected chi connectivity index (χ4v) is 3.30. The average Bonchev–Trinajstić information content (AvgIpc) is 2.45. The number of aromatic nitrogens is 1. The minimum absolute atomic E-state index is 0.144. The molecule has 1 aromatic heterocycles. The molecule has 0 fully saturated rings. The first-order valence-electron chi connectivity index (χ1n) is 7.73. The molecular weight excluding hydrogens is 286 g/mol. The van der Waals surface area contributed by atoms with E-state index in [2.05, 4.69) is 28.5 Å². The van der Waals surface area contributed by atoms with Gasteiger partial charge in [0, 0.05) is 13.1 Å². The van der Waals surface area contributed by atoms with Gasteiger partial charge in [0.15, 0.2) is 0 Å². The van der Waals surface area contributed by atoms with Crippen molar-refractivity contribution < 1.29 is 8.42 Å². The van der Waals surface area contributed by atoms with Gasteiger partial charge in [-0.05, 0) is 31.4 Å². The third-order valence-corrected chi connectivity index (χ3v) is 4.47. The van der Waals surface area contributed by atoms with E-state index in [0.29, 0.717) is 12.2 Å². The summed E-state index contributed by atoms with van der Waals surface area (Å²) < 4.78 is 26.2. The van der Waals surface area contributed by atoms with Gasteiger partial charge in [-0.15, -0.1) is 0 Å². The van der Waals surface area contributed by atoms with E-state index in [1.54, 1.807) is 12.3 Å². The Balaban J connectivity index is 2.72. The fraction of sp³-hybridized carbons (Fsp3) is 0.667. The molecule has 0 aromatic carbocycles. The maximum Gasteiger partial charge on any atom is 0.233 e. The monoisotopic (exact) mass is 313 g/mol. The van der Waals surface area contributed by atoms with Gasteiger partial charge in [0.2, 0.25) is 10.0 Å². The van der Waals surface area contributed by atoms with E-state index in [1.165, 1.54) is 0 Å². The Morgan fingerprint density at radius 2 is 1.76 bits per heavy atom. The van der Waals surface area contributed by atoms with Crippen LogP contribution in [-0.4, -0.2) is 32.2 Å². The number of nitrogens with one attached hydrogen (secondary N) is 1. The Labute approximate surface area is 128 Å². The normalized spacial score (nSPS) is 11.4. The predicted molar refractivity (Wildman–Crippen MR) is 89.3 cm³/mol. The number of hydrogen-bond acceptors (Lipinski definition) is 4. The molecule has 0 spiro atoms. The zero-order chi connectivity index (χ0) is 15.7. The van der Waals surface area contributed by atoms with Crippen molar-refractivity contribution in [2.45, 2.75) is 46.5 Å². The minimum Gasteiger partial charge on any atom is -0.370 e. The van der Waals surface area contributed by atoms with Crippen molar-refractivity contribution in [3.63, 3.8) is 0 Å². The number of sulfonamides is 1. The van der Waals surface area contributed by atoms with E-state index in [0.717, 1.165) is 38.0 Å². The van der Waals surface area contributed by atoms with Crippen LogP contribution in [0.3, 0.4) is 0 Å². The Kier molecular flexibility index (Phi) is 7.50. The van der Waals surface area contributed by atoms with Crippen molar-refractivity contribution in [1.29, 1.82) is 0 Å². The topological polar surface area (TPSA) is 62.3 Å². The molecule has 120 valence electrons. The maximum absolute atomic E-state index is 11.8. The number of rotatable bonds is 10. The second-order valence-corrected chi connectivity index (χ2v) is 7.01. The average molecular weight is 313 g/mol. The molecule has 1 N–H and O–H groups in total. The quantitative estimate of drug-likeness (QED) is 0.720. The molecule has 0 unspecified atom stereocenters. The molecule has 1 rings (SSSR count). The van der Waals surface area contributed by atoms with Crippen LogP contribution in [0.1, 0.15) is 46.5 Å². The Morgan fingerprint density at radius 1 is 1.10 bits per heavy atom. The van der Waals surface area contributed by atoms with Gasteiger partial charge in [0.25, 0.3) is 0 Å². The van der Waals surface area contributed by atoms with Gasteiger partial charge in [0.1, 0.15) is 5.82 Å². The van der Waals surface area contributed by atoms with Gasteiger partial charge in [-0.1, -0.05) is 27.2 Å². The Bertz CT molecular complexity index is 494. The zero-order valence-corrected chi connectivity index (χ0v) is 14.1. The molecule has 0 amide bonds. The smallest absolute Gasteiger partial charge is 0.233 e. The van der Waals surface area contributed by atoms with E-state index >= 15 is 0 Å². The number of pyridine rings is 1. The number of nitrogens with zero attached hydrogens (tertiary/aromatic N) is 2. The molecule has 0 aliphatic heterocycles. The summed E-state index contributed by atoms with van der Waals surface area (Å²) in [6, 6.07) is 3.66. The molecule has 21 heavy (non-hydrogen) atoms. The first-order valence-corrected chi connectivity index (χ1v) is 9.39. The Hall–Kier alpha value is -1.30. The van der Waals surface area contributed by atoms with Gasteiger partial charge in [0.05, 0.1) is 17.6 Å². The number of hydrogen-bond donors (Lipinski definition) is 1. The lowest BCUT2D eigenvalue weighted by Gasteiger charge is -2.23. The summed E-state index contributed by atoms with van der Waals surface area (Å²) in [5.41, 5.74) is 1.04. The van der Waals surface area contributed by atoms with Crippen LogP contribution in [0.2, 0.25) is 0 Å². The molecule has 0 radical (unpaired) electrons. The molecule has 1 heterocycles. The molecule has 0 atom stereocenters. The summed E-state index contributed by atoms with van der Waals surface area (Å²) in [6.07, 6.45) is 5.41. The lowest BCUT2D eigenvalue weighted by Crippen LogP contribution is -2.25. The summed E-state index contributed by atoms with van der Waals surface area (Å²) in [4.78, 5) is 6.49. The SMILES string of the molecule is CCCCS(=O)(=O)Nc1ccc(N(CCC)CCC)cn1. The first kappa shape index (κ1) is 17.8. The third-order valence-electron chi connectivity index (χ3n) is 3.13. The zero-order valence-electron chi connectivity index (χ0n) is 13.3. The van der Waals surface area contributed by atoms with Crippen LogP contribution in [-0.2, 0) is 10.0 Å². The summed E-state index contributed by atoms with van der Waals surface area (Å²) >= 11 is 0. The van der Waals surface area contributed by atoms with Crippen molar-refractivity contribution in [2.24, 2.45) is 0 Å². The van der Waals surface area contributed by atoms with E-state index < -0.39 is 10.0 Å². The van der Waals surface area contributed by atoms with Crippen LogP contribution in [0.15, 0.2) is 18.3 Å². The van der Waals surface area contributed by atoms with Gasteiger partial charge >= 0.3 is 0 Å². The van der Waals surface area contributed by atoms with Gasteiger partial charge in [-0.2, -0.15) is 0 Å². The van der Waals surface area contributed by atoms with Crippen molar-refractivity contribution in [2.75, 3.05) is 28.5 Å². The highest BCUT2D eigenvalue weighted by Crippen LogP contribution is 2.17. The molecular formula is C15H27N3O2S. The summed E-state index contributed by atoms with van der Waals surface area (Å²) in [5, 5.41) is 0. The third kappa shape index (κ3) is 6.33. The fourth-order valence-electron chi connectivity index (χ4n) is 2.09. The molecule has 0 bridgehead atoms. The summed E-state index contributed by atoms with van der Waals surface area (Å²) in [7, 11) is -3.28. The second-order valence-electron chi connectivity index (χ2n) is 5.16. The van der Waals surface area contributed by atoms with Gasteiger partial charge in [-0.3, -0.25) is 4.72 Å². The van der Waals surface area contributed by atoms with E-state index in [1.807, 2.05) is 13.0 Å². The van der Waals surface area contributed by atoms with Gasteiger partial charge in [-0.25, -0.2) is 13.4 Å². The number of anilines is 2. The minimum atomic E-state index is -3.28. The van der Waals surface area contributed by atoms with Crippen LogP contribution in [0, 0.1) is 0 Å². The van der Waals surface area contributed by atoms with Crippen molar-refractivity contribution in [3.05, 3.63) is 18.3 Å². The number of unbranched alkanes of at least 4 members (excludes halogenated alkanes) is 1. The van der Waals surface area contributed by atoms with Crippen molar-refractivity contribution in [3.8, 4) is 0 Å². The van der Waals surface area contributed by atoms with Crippen LogP contribution in [0.4, 0.5) is 11.5 Å². The molecule has 0 saturated heterocycles. The molecule has 0 aliphatic rings. The largest absolute Gasteiger partial charge is 0.370 e. The maximum atomic E-state index is 11.8. The predicted octanol–water partition coefficient (Wildman–Crippen LogP) is 3.25. The van der Waals surface area contributed by atoms with Crippen LogP contribution >= 0.6 is 0 Å². The standard InChI is InChI=1S/C15H27N3O2S/c1-4-7-12-21(19,20)17-15-9-8-14(13-16-15)18(10-5-2)11-6-3/h8-9,13H,4-7,10-12H2,1-3H3,(H,16,17). The summed E-state index contributed by atoms with van der Waals surface area (Å²) in [5.74, 6) is 0.535. The highest BCUT2D eigenvalue weighted by molar-refractivity contribution is 7.92. The molecule has 6 heteroatoms. The molecule has 1 aromatic rings.